The van der Waals surface area contributed by atoms with Crippen molar-refractivity contribution in [2.24, 2.45) is 4.99 Å². The highest BCUT2D eigenvalue weighted by Gasteiger charge is 2.21. The minimum absolute atomic E-state index is 0.414. The van der Waals surface area contributed by atoms with Gasteiger partial charge in [-0.15, -0.1) is 0 Å². The van der Waals surface area contributed by atoms with Crippen molar-refractivity contribution in [3.63, 3.8) is 0 Å². The number of aliphatic carboxylic acids is 1. The summed E-state index contributed by atoms with van der Waals surface area (Å²) in [6, 6.07) is -1.55. The predicted octanol–water partition coefficient (Wildman–Crippen LogP) is -0.146. The van der Waals surface area contributed by atoms with Gasteiger partial charge in [0.25, 0.3) is 0 Å². The Hall–Kier alpha value is -1.78. The lowest BCUT2D eigenvalue weighted by atomic mass is 10.2. The van der Waals surface area contributed by atoms with Crippen molar-refractivity contribution in [1.29, 1.82) is 0 Å². The fourth-order valence-corrected chi connectivity index (χ4v) is 0.550. The van der Waals surface area contributed by atoms with Crippen molar-refractivity contribution in [3.05, 3.63) is 12.7 Å². The molecule has 0 amide bonds. The third-order valence-electron chi connectivity index (χ3n) is 1.11. The van der Waals surface area contributed by atoms with Crippen LogP contribution in [0, 0.1) is 0 Å². The van der Waals surface area contributed by atoms with E-state index in [0.717, 1.165) is 12.3 Å². The Bertz CT molecular complexity index is 280. The third-order valence-corrected chi connectivity index (χ3v) is 1.11. The molecule has 0 aromatic rings. The molecule has 0 saturated heterocycles. The second-order valence-corrected chi connectivity index (χ2v) is 2.24. The maximum absolute atomic E-state index is 10.8. The lowest BCUT2D eigenvalue weighted by Gasteiger charge is -2.00. The summed E-state index contributed by atoms with van der Waals surface area (Å²) >= 11 is 0. The van der Waals surface area contributed by atoms with E-state index in [1.54, 1.807) is 0 Å². The van der Waals surface area contributed by atoms with Gasteiger partial charge >= 0.3 is 5.97 Å². The quantitative estimate of drug-likeness (QED) is 0.365. The Labute approximate surface area is 74.8 Å². The molecule has 0 saturated carbocycles. The zero-order valence-corrected chi connectivity index (χ0v) is 7.06. The number of carboxylic acid groups (broad SMARTS) is 1. The van der Waals surface area contributed by atoms with E-state index in [0.29, 0.717) is 0 Å². The van der Waals surface area contributed by atoms with E-state index in [-0.39, 0.29) is 0 Å². The Morgan fingerprint density at radius 2 is 2.00 bits per heavy atom. The summed E-state index contributed by atoms with van der Waals surface area (Å²) in [7, 11) is 0. The highest BCUT2D eigenvalue weighted by atomic mass is 16.4. The van der Waals surface area contributed by atoms with E-state index in [1.165, 1.54) is 6.92 Å². The molecule has 0 bridgehead atoms. The zero-order valence-electron chi connectivity index (χ0n) is 7.06. The molecule has 0 radical (unpaired) electrons. The van der Waals surface area contributed by atoms with Crippen LogP contribution >= 0.6 is 0 Å². The Morgan fingerprint density at radius 3 is 2.31 bits per heavy atom. The Balaban J connectivity index is 4.63. The first kappa shape index (κ1) is 11.2. The van der Waals surface area contributed by atoms with Crippen LogP contribution in [-0.2, 0) is 14.4 Å². The Kier molecular flexibility index (Phi) is 4.29. The molecule has 0 aliphatic heterocycles. The number of hydrogen-bond acceptors (Lipinski definition) is 4. The molecule has 1 N–H and O–H groups in total. The summed E-state index contributed by atoms with van der Waals surface area (Å²) in [5, 5.41) is 8.49. The monoisotopic (exact) mass is 183 g/mol. The van der Waals surface area contributed by atoms with E-state index in [1.807, 2.05) is 0 Å². The van der Waals surface area contributed by atoms with Crippen LogP contribution < -0.4 is 0 Å². The predicted molar refractivity (Wildman–Crippen MR) is 45.8 cm³/mol. The second kappa shape index (κ2) is 4.97. The molecule has 13 heavy (non-hydrogen) atoms. The summed E-state index contributed by atoms with van der Waals surface area (Å²) in [5.41, 5.74) is 0. The normalized spacial score (nSPS) is 12.4. The summed E-state index contributed by atoms with van der Waals surface area (Å²) in [6.45, 7) is 4.33. The molecule has 0 fully saturated rings. The number of carbonyl (C=O) groups is 3. The first-order valence-electron chi connectivity index (χ1n) is 3.42. The molecule has 5 nitrogen and oxygen atoms in total. The van der Waals surface area contributed by atoms with Gasteiger partial charge in [0.15, 0.2) is 11.6 Å². The lowest BCUT2D eigenvalue weighted by Crippen LogP contribution is -2.26. The fourth-order valence-electron chi connectivity index (χ4n) is 0.550. The minimum Gasteiger partial charge on any atom is -0.479 e. The number of hydrogen-bond donors (Lipinski definition) is 1. The SMILES string of the molecule is C=CC(=O)[C@@H](N=CC(C)=O)C(=O)O. The van der Waals surface area contributed by atoms with E-state index in [4.69, 9.17) is 5.11 Å². The van der Waals surface area contributed by atoms with Crippen molar-refractivity contribution in [2.45, 2.75) is 13.0 Å². The molecule has 0 heterocycles. The summed E-state index contributed by atoms with van der Waals surface area (Å²) in [5.74, 6) is -2.56. The lowest BCUT2D eigenvalue weighted by molar-refractivity contribution is -0.141. The zero-order chi connectivity index (χ0) is 10.4. The largest absolute Gasteiger partial charge is 0.479 e. The number of ketones is 2. The van der Waals surface area contributed by atoms with Crippen LogP contribution in [0.25, 0.3) is 0 Å². The molecule has 0 aromatic carbocycles. The number of carbonyl (C=O) groups excluding carboxylic acids is 2. The van der Waals surface area contributed by atoms with Crippen molar-refractivity contribution in [2.75, 3.05) is 0 Å². The number of aliphatic imine (C=N–C) groups is 1. The molecule has 0 unspecified atom stereocenters. The van der Waals surface area contributed by atoms with Gasteiger partial charge in [-0.25, -0.2) is 4.79 Å². The number of Topliss-reactive ketones (excluding diaryl/α,β-unsaturated/α-hetero) is 1. The van der Waals surface area contributed by atoms with Gasteiger partial charge in [0.1, 0.15) is 0 Å². The van der Waals surface area contributed by atoms with E-state index < -0.39 is 23.6 Å². The molecule has 0 aromatic heterocycles. The third kappa shape index (κ3) is 3.95. The molecule has 0 aliphatic carbocycles. The van der Waals surface area contributed by atoms with Gasteiger partial charge in [0.05, 0.1) is 6.21 Å². The molecule has 1 atom stereocenters. The van der Waals surface area contributed by atoms with Gasteiger partial charge in [-0.2, -0.15) is 0 Å². The van der Waals surface area contributed by atoms with Gasteiger partial charge in [0, 0.05) is 6.92 Å². The van der Waals surface area contributed by atoms with Crippen LogP contribution in [-0.4, -0.2) is 34.9 Å². The number of carboxylic acids is 1. The van der Waals surface area contributed by atoms with Crippen molar-refractivity contribution in [3.8, 4) is 0 Å². The fraction of sp³-hybridized carbons (Fsp3) is 0.250. The topological polar surface area (TPSA) is 83.8 Å². The second-order valence-electron chi connectivity index (χ2n) is 2.24. The van der Waals surface area contributed by atoms with Gasteiger partial charge in [-0.05, 0) is 6.08 Å². The molecule has 0 rings (SSSR count). The van der Waals surface area contributed by atoms with Crippen molar-refractivity contribution in [1.82, 2.24) is 0 Å². The van der Waals surface area contributed by atoms with Gasteiger partial charge in [0.2, 0.25) is 6.04 Å². The first-order chi connectivity index (χ1) is 5.99. The van der Waals surface area contributed by atoms with Crippen LogP contribution in [0.3, 0.4) is 0 Å². The molecule has 5 heteroatoms. The van der Waals surface area contributed by atoms with Gasteiger partial charge in [-0.3, -0.25) is 14.6 Å². The molecule has 0 aliphatic rings. The van der Waals surface area contributed by atoms with Crippen LogP contribution in [0.5, 0.6) is 0 Å². The summed E-state index contributed by atoms with van der Waals surface area (Å²) in [6.07, 6.45) is 1.66. The maximum atomic E-state index is 10.8. The molecular weight excluding hydrogens is 174 g/mol. The number of nitrogens with zero attached hydrogens (tertiary/aromatic N) is 1. The minimum atomic E-state index is -1.55. The molecule has 70 valence electrons. The van der Waals surface area contributed by atoms with Crippen LogP contribution in [0.15, 0.2) is 17.6 Å². The molecule has 0 spiro atoms. The number of rotatable bonds is 5. The van der Waals surface area contributed by atoms with Crippen LogP contribution in [0.2, 0.25) is 0 Å². The van der Waals surface area contributed by atoms with Crippen molar-refractivity contribution >= 4 is 23.8 Å². The van der Waals surface area contributed by atoms with Crippen molar-refractivity contribution < 1.29 is 19.5 Å². The first-order valence-corrected chi connectivity index (χ1v) is 3.42. The highest BCUT2D eigenvalue weighted by Crippen LogP contribution is 1.94. The van der Waals surface area contributed by atoms with E-state index in [9.17, 15) is 14.4 Å². The average molecular weight is 183 g/mol. The van der Waals surface area contributed by atoms with Crippen LogP contribution in [0.4, 0.5) is 0 Å². The average Bonchev–Trinajstić information content (AvgIpc) is 2.03. The molecular formula is C8H9NO4. The van der Waals surface area contributed by atoms with E-state index >= 15 is 0 Å². The Morgan fingerprint density at radius 1 is 1.46 bits per heavy atom. The van der Waals surface area contributed by atoms with E-state index in [2.05, 4.69) is 11.6 Å². The smallest absolute Gasteiger partial charge is 0.336 e. The van der Waals surface area contributed by atoms with Gasteiger partial charge in [-0.1, -0.05) is 6.58 Å². The maximum Gasteiger partial charge on any atom is 0.336 e. The van der Waals surface area contributed by atoms with Gasteiger partial charge < -0.3 is 5.11 Å². The summed E-state index contributed by atoms with van der Waals surface area (Å²) in [4.78, 5) is 35.0. The highest BCUT2D eigenvalue weighted by molar-refractivity contribution is 6.27. The standard InChI is InChI=1S/C8H9NO4/c1-3-6(11)7(8(12)13)9-4-5(2)10/h3-4,7H,1H2,2H3,(H,12,13)/t7-/m1/s1. The van der Waals surface area contributed by atoms with Crippen LogP contribution in [0.1, 0.15) is 6.92 Å². The summed E-state index contributed by atoms with van der Waals surface area (Å²) < 4.78 is 0.